The second-order valence-electron chi connectivity index (χ2n) is 8.55. The number of rotatable bonds is 5. The van der Waals surface area contributed by atoms with Gasteiger partial charge in [-0.1, -0.05) is 30.5 Å². The lowest BCUT2D eigenvalue weighted by Gasteiger charge is -2.27. The minimum atomic E-state index is 0.315. The molecule has 8 heteroatoms. The highest BCUT2D eigenvalue weighted by Gasteiger charge is 2.24. The average Bonchev–Trinajstić information content (AvgIpc) is 3.39. The summed E-state index contributed by atoms with van der Waals surface area (Å²) in [6, 6.07) is 8.77. The third-order valence-corrected chi connectivity index (χ3v) is 6.57. The standard InChI is InChI=1S/C22H28ClN7/c23-14-4-3-5-17(12-14)26-20-19-21(30(13-25-19)18-6-1-2-7-18)29-22(28-20)27-16-10-8-15(24)9-11-16/h3-5,12-13,15-16,18H,1-2,6-11,24H2,(H2,26,27,28,29)/t15-,16-. The van der Waals surface area contributed by atoms with Gasteiger partial charge in [0.05, 0.1) is 6.33 Å². The van der Waals surface area contributed by atoms with Crippen LogP contribution in [0.2, 0.25) is 5.02 Å². The van der Waals surface area contributed by atoms with Crippen LogP contribution in [0.3, 0.4) is 0 Å². The molecular weight excluding hydrogens is 398 g/mol. The van der Waals surface area contributed by atoms with E-state index in [0.717, 1.165) is 42.5 Å². The molecule has 0 amide bonds. The Balaban J connectivity index is 1.51. The molecule has 7 nitrogen and oxygen atoms in total. The van der Waals surface area contributed by atoms with Crippen molar-refractivity contribution in [2.24, 2.45) is 5.73 Å². The maximum atomic E-state index is 6.18. The zero-order valence-electron chi connectivity index (χ0n) is 17.0. The molecule has 2 aromatic heterocycles. The van der Waals surface area contributed by atoms with Gasteiger partial charge in [0, 0.05) is 28.8 Å². The van der Waals surface area contributed by atoms with E-state index >= 15 is 0 Å². The van der Waals surface area contributed by atoms with Crippen molar-refractivity contribution in [1.29, 1.82) is 0 Å². The van der Waals surface area contributed by atoms with Crippen LogP contribution in [0.5, 0.6) is 0 Å². The molecule has 2 heterocycles. The molecule has 3 aromatic rings. The molecular formula is C22H28ClN7. The van der Waals surface area contributed by atoms with Crippen molar-refractivity contribution in [3.8, 4) is 0 Å². The summed E-state index contributed by atoms with van der Waals surface area (Å²) in [7, 11) is 0. The highest BCUT2D eigenvalue weighted by Crippen LogP contribution is 2.34. The first-order valence-electron chi connectivity index (χ1n) is 10.9. The lowest BCUT2D eigenvalue weighted by atomic mass is 9.92. The summed E-state index contributed by atoms with van der Waals surface area (Å²) in [6.07, 6.45) is 10.9. The van der Waals surface area contributed by atoms with Crippen molar-refractivity contribution in [3.63, 3.8) is 0 Å². The van der Waals surface area contributed by atoms with Gasteiger partial charge in [-0.05, 0) is 56.7 Å². The van der Waals surface area contributed by atoms with E-state index < -0.39 is 0 Å². The smallest absolute Gasteiger partial charge is 0.227 e. The number of imidazole rings is 1. The zero-order valence-corrected chi connectivity index (χ0v) is 17.8. The lowest BCUT2D eigenvalue weighted by Crippen LogP contribution is -2.33. The van der Waals surface area contributed by atoms with Crippen molar-refractivity contribution in [1.82, 2.24) is 19.5 Å². The van der Waals surface area contributed by atoms with Gasteiger partial charge in [0.15, 0.2) is 17.0 Å². The first-order chi connectivity index (χ1) is 14.7. The van der Waals surface area contributed by atoms with Crippen LogP contribution in [0.25, 0.3) is 11.2 Å². The van der Waals surface area contributed by atoms with E-state index in [9.17, 15) is 0 Å². The molecule has 2 aliphatic rings. The number of hydrogen-bond acceptors (Lipinski definition) is 6. The normalized spacial score (nSPS) is 22.5. The predicted octanol–water partition coefficient (Wildman–Crippen LogP) is 5.02. The monoisotopic (exact) mass is 425 g/mol. The SMILES string of the molecule is N[C@H]1CC[C@H](Nc2nc(Nc3cccc(Cl)c3)c3ncn(C4CCCC4)c3n2)CC1. The number of hydrogen-bond donors (Lipinski definition) is 3. The third kappa shape index (κ3) is 4.09. The summed E-state index contributed by atoms with van der Waals surface area (Å²) in [5.41, 5.74) is 8.63. The number of fused-ring (bicyclic) bond motifs is 1. The molecule has 0 saturated heterocycles. The Labute approximate surface area is 181 Å². The first-order valence-corrected chi connectivity index (χ1v) is 11.3. The van der Waals surface area contributed by atoms with Crippen LogP contribution in [0.1, 0.15) is 57.4 Å². The minimum absolute atomic E-state index is 0.315. The maximum absolute atomic E-state index is 6.18. The number of benzene rings is 1. The number of halogens is 1. The Hall–Kier alpha value is -2.38. The van der Waals surface area contributed by atoms with E-state index in [1.54, 1.807) is 0 Å². The summed E-state index contributed by atoms with van der Waals surface area (Å²) in [5, 5.41) is 7.64. The van der Waals surface area contributed by atoms with E-state index in [1.807, 2.05) is 30.6 Å². The quantitative estimate of drug-likeness (QED) is 0.531. The average molecular weight is 426 g/mol. The van der Waals surface area contributed by atoms with Crippen LogP contribution < -0.4 is 16.4 Å². The second-order valence-corrected chi connectivity index (χ2v) is 8.99. The van der Waals surface area contributed by atoms with Crippen molar-refractivity contribution in [3.05, 3.63) is 35.6 Å². The number of nitrogens with two attached hydrogens (primary N) is 1. The van der Waals surface area contributed by atoms with Gasteiger partial charge in [-0.15, -0.1) is 0 Å². The van der Waals surface area contributed by atoms with Crippen molar-refractivity contribution in [2.45, 2.75) is 69.5 Å². The highest BCUT2D eigenvalue weighted by atomic mass is 35.5. The van der Waals surface area contributed by atoms with Crippen molar-refractivity contribution < 1.29 is 0 Å². The fourth-order valence-electron chi connectivity index (χ4n) is 4.67. The van der Waals surface area contributed by atoms with Gasteiger partial charge in [0.25, 0.3) is 0 Å². The molecule has 0 atom stereocenters. The van der Waals surface area contributed by atoms with E-state index in [2.05, 4.69) is 20.2 Å². The Morgan fingerprint density at radius 1 is 1.03 bits per heavy atom. The molecule has 158 valence electrons. The van der Waals surface area contributed by atoms with E-state index in [4.69, 9.17) is 27.3 Å². The molecule has 30 heavy (non-hydrogen) atoms. The zero-order chi connectivity index (χ0) is 20.5. The largest absolute Gasteiger partial charge is 0.351 e. The lowest BCUT2D eigenvalue weighted by molar-refractivity contribution is 0.410. The fourth-order valence-corrected chi connectivity index (χ4v) is 4.86. The molecule has 0 bridgehead atoms. The molecule has 4 N–H and O–H groups in total. The molecule has 0 aliphatic heterocycles. The fraction of sp³-hybridized carbons (Fsp3) is 0.500. The van der Waals surface area contributed by atoms with Crippen LogP contribution in [0.15, 0.2) is 30.6 Å². The Bertz CT molecular complexity index is 1020. The van der Waals surface area contributed by atoms with E-state index in [1.165, 1.54) is 25.7 Å². The van der Waals surface area contributed by atoms with Crippen LogP contribution in [0, 0.1) is 0 Å². The summed E-state index contributed by atoms with van der Waals surface area (Å²) in [5.74, 6) is 1.35. The third-order valence-electron chi connectivity index (χ3n) is 6.33. The molecule has 0 radical (unpaired) electrons. The van der Waals surface area contributed by atoms with Crippen LogP contribution in [0.4, 0.5) is 17.5 Å². The summed E-state index contributed by atoms with van der Waals surface area (Å²) < 4.78 is 2.23. The van der Waals surface area contributed by atoms with Gasteiger partial charge in [-0.3, -0.25) is 0 Å². The number of nitrogens with one attached hydrogen (secondary N) is 2. The van der Waals surface area contributed by atoms with E-state index in [0.29, 0.717) is 34.9 Å². The Morgan fingerprint density at radius 3 is 2.60 bits per heavy atom. The van der Waals surface area contributed by atoms with Crippen LogP contribution >= 0.6 is 11.6 Å². The first kappa shape index (κ1) is 19.6. The van der Waals surface area contributed by atoms with Crippen molar-refractivity contribution >= 4 is 40.2 Å². The molecule has 0 unspecified atom stereocenters. The van der Waals surface area contributed by atoms with Gasteiger partial charge >= 0.3 is 0 Å². The van der Waals surface area contributed by atoms with Gasteiger partial charge in [0.2, 0.25) is 5.95 Å². The maximum Gasteiger partial charge on any atom is 0.227 e. The van der Waals surface area contributed by atoms with Gasteiger partial charge < -0.3 is 20.9 Å². The summed E-state index contributed by atoms with van der Waals surface area (Å²) in [6.45, 7) is 0. The Morgan fingerprint density at radius 2 is 1.83 bits per heavy atom. The molecule has 2 aliphatic carbocycles. The highest BCUT2D eigenvalue weighted by molar-refractivity contribution is 6.30. The minimum Gasteiger partial charge on any atom is -0.351 e. The summed E-state index contributed by atoms with van der Waals surface area (Å²) >= 11 is 6.18. The molecule has 1 aromatic carbocycles. The van der Waals surface area contributed by atoms with Gasteiger partial charge in [-0.25, -0.2) is 4.98 Å². The van der Waals surface area contributed by atoms with Gasteiger partial charge in [0.1, 0.15) is 0 Å². The molecule has 5 rings (SSSR count). The number of aromatic nitrogens is 4. The van der Waals surface area contributed by atoms with Gasteiger partial charge in [-0.2, -0.15) is 9.97 Å². The molecule has 0 spiro atoms. The Kier molecular flexibility index (Phi) is 5.48. The number of nitrogens with zero attached hydrogens (tertiary/aromatic N) is 4. The van der Waals surface area contributed by atoms with Crippen molar-refractivity contribution in [2.75, 3.05) is 10.6 Å². The predicted molar refractivity (Wildman–Crippen MR) is 121 cm³/mol. The summed E-state index contributed by atoms with van der Waals surface area (Å²) in [4.78, 5) is 14.4. The van der Waals surface area contributed by atoms with Crippen LogP contribution in [-0.2, 0) is 0 Å². The topological polar surface area (TPSA) is 93.7 Å². The molecule has 2 saturated carbocycles. The second kappa shape index (κ2) is 8.40. The van der Waals surface area contributed by atoms with Crippen LogP contribution in [-0.4, -0.2) is 31.6 Å². The number of anilines is 3. The van der Waals surface area contributed by atoms with E-state index in [-0.39, 0.29) is 0 Å². The molecule has 2 fully saturated rings.